The minimum atomic E-state index is 0.264. The molecule has 1 aliphatic carbocycles. The first-order valence-corrected chi connectivity index (χ1v) is 13.5. The number of piperidine rings is 1. The predicted molar refractivity (Wildman–Crippen MR) is 144 cm³/mol. The predicted octanol–water partition coefficient (Wildman–Crippen LogP) is 7.05. The molecule has 3 atom stereocenters. The standard InChI is InChI=1S/C29H49ClN2O/c1-7-9-24(16-19-33)20-23(4)31-28(22(2)3)10-8-17-32-18-15-27(29(5,6)21-32)25-11-13-26(30)14-12-25/h8,10-11,13,22,24,27-28,31,33H,4,7,9,12,14-21H2,1-3,5-6H3/b10-8+/t24?,27?,28-/m0/s1. The highest BCUT2D eigenvalue weighted by atomic mass is 35.5. The first kappa shape index (κ1) is 28.2. The van der Waals surface area contributed by atoms with Crippen molar-refractivity contribution in [3.8, 4) is 0 Å². The lowest BCUT2D eigenvalue weighted by Gasteiger charge is -2.45. The third kappa shape index (κ3) is 9.26. The monoisotopic (exact) mass is 476 g/mol. The molecular weight excluding hydrogens is 428 g/mol. The van der Waals surface area contributed by atoms with Crippen molar-refractivity contribution < 1.29 is 5.11 Å². The highest BCUT2D eigenvalue weighted by Gasteiger charge is 2.37. The van der Waals surface area contributed by atoms with Crippen LogP contribution in [-0.2, 0) is 0 Å². The quantitative estimate of drug-likeness (QED) is 0.279. The van der Waals surface area contributed by atoms with Crippen molar-refractivity contribution in [2.45, 2.75) is 85.6 Å². The van der Waals surface area contributed by atoms with Gasteiger partial charge in [-0.2, -0.15) is 0 Å². The van der Waals surface area contributed by atoms with Crippen LogP contribution < -0.4 is 5.32 Å². The fraction of sp³-hybridized carbons (Fsp3) is 0.724. The fourth-order valence-electron chi connectivity index (χ4n) is 5.61. The summed E-state index contributed by atoms with van der Waals surface area (Å²) in [6.07, 6.45) is 16.5. The van der Waals surface area contributed by atoms with Crippen molar-refractivity contribution in [3.63, 3.8) is 0 Å². The fourth-order valence-corrected chi connectivity index (χ4v) is 5.76. The Bertz CT molecular complexity index is 700. The van der Waals surface area contributed by atoms with Gasteiger partial charge in [-0.15, -0.1) is 0 Å². The molecule has 1 aliphatic heterocycles. The summed E-state index contributed by atoms with van der Waals surface area (Å²) in [5.41, 5.74) is 2.97. The molecule has 2 aliphatic rings. The second-order valence-electron chi connectivity index (χ2n) is 11.2. The largest absolute Gasteiger partial charge is 0.396 e. The summed E-state index contributed by atoms with van der Waals surface area (Å²) in [5.74, 6) is 1.68. The summed E-state index contributed by atoms with van der Waals surface area (Å²) >= 11 is 6.18. The van der Waals surface area contributed by atoms with Crippen molar-refractivity contribution in [3.05, 3.63) is 47.2 Å². The van der Waals surface area contributed by atoms with Crippen LogP contribution in [0.15, 0.2) is 47.2 Å². The molecule has 2 N–H and O–H groups in total. The normalized spacial score (nSPS) is 23.3. The summed E-state index contributed by atoms with van der Waals surface area (Å²) in [4.78, 5) is 2.60. The second kappa shape index (κ2) is 13.8. The van der Waals surface area contributed by atoms with Crippen molar-refractivity contribution in [2.75, 3.05) is 26.2 Å². The molecular formula is C29H49ClN2O. The zero-order valence-corrected chi connectivity index (χ0v) is 22.6. The van der Waals surface area contributed by atoms with Crippen LogP contribution in [0.4, 0.5) is 0 Å². The van der Waals surface area contributed by atoms with E-state index < -0.39 is 0 Å². The van der Waals surface area contributed by atoms with Crippen LogP contribution in [0.2, 0.25) is 0 Å². The van der Waals surface area contributed by atoms with E-state index in [1.807, 2.05) is 0 Å². The second-order valence-corrected chi connectivity index (χ2v) is 11.7. The van der Waals surface area contributed by atoms with Gasteiger partial charge >= 0.3 is 0 Å². The molecule has 33 heavy (non-hydrogen) atoms. The molecule has 4 heteroatoms. The van der Waals surface area contributed by atoms with Crippen molar-refractivity contribution in [2.24, 2.45) is 23.2 Å². The Balaban J connectivity index is 1.88. The smallest absolute Gasteiger partial charge is 0.0464 e. The van der Waals surface area contributed by atoms with Gasteiger partial charge in [0, 0.05) is 36.5 Å². The molecule has 0 aromatic rings. The lowest BCUT2D eigenvalue weighted by atomic mass is 9.68. The first-order valence-electron chi connectivity index (χ1n) is 13.2. The van der Waals surface area contributed by atoms with Crippen LogP contribution in [0.3, 0.4) is 0 Å². The minimum absolute atomic E-state index is 0.264. The zero-order chi connectivity index (χ0) is 24.4. The Labute approximate surface area is 209 Å². The third-order valence-corrected chi connectivity index (χ3v) is 7.77. The average molecular weight is 477 g/mol. The van der Waals surface area contributed by atoms with E-state index in [1.165, 1.54) is 6.42 Å². The van der Waals surface area contributed by atoms with Gasteiger partial charge < -0.3 is 10.4 Å². The van der Waals surface area contributed by atoms with Gasteiger partial charge in [0.2, 0.25) is 0 Å². The summed E-state index contributed by atoms with van der Waals surface area (Å²) < 4.78 is 0. The van der Waals surface area contributed by atoms with E-state index >= 15 is 0 Å². The van der Waals surface area contributed by atoms with Gasteiger partial charge in [-0.1, -0.05) is 89.4 Å². The Hall–Kier alpha value is -1.03. The third-order valence-electron chi connectivity index (χ3n) is 7.45. The summed E-state index contributed by atoms with van der Waals surface area (Å²) in [6.45, 7) is 19.4. The van der Waals surface area contributed by atoms with Crippen molar-refractivity contribution in [1.29, 1.82) is 0 Å². The molecule has 0 amide bonds. The van der Waals surface area contributed by atoms with Crippen molar-refractivity contribution >= 4 is 11.6 Å². The Kier molecular flexibility index (Phi) is 11.8. The number of halogens is 1. The minimum Gasteiger partial charge on any atom is -0.396 e. The van der Waals surface area contributed by atoms with E-state index in [-0.39, 0.29) is 12.0 Å². The van der Waals surface area contributed by atoms with E-state index in [0.717, 1.165) is 68.9 Å². The Morgan fingerprint density at radius 3 is 2.64 bits per heavy atom. The van der Waals surface area contributed by atoms with Crippen LogP contribution >= 0.6 is 11.6 Å². The van der Waals surface area contributed by atoms with Gasteiger partial charge in [0.05, 0.1) is 0 Å². The summed E-state index contributed by atoms with van der Waals surface area (Å²) in [5, 5.41) is 14.0. The first-order chi connectivity index (χ1) is 15.7. The highest BCUT2D eigenvalue weighted by molar-refractivity contribution is 6.29. The van der Waals surface area contributed by atoms with Crippen molar-refractivity contribution in [1.82, 2.24) is 10.2 Å². The number of allylic oxidation sites excluding steroid dienone is 5. The van der Waals surface area contributed by atoms with E-state index in [4.69, 9.17) is 11.6 Å². The number of aliphatic hydroxyl groups is 1. The van der Waals surface area contributed by atoms with Gasteiger partial charge in [0.1, 0.15) is 0 Å². The van der Waals surface area contributed by atoms with Gasteiger partial charge in [-0.3, -0.25) is 4.90 Å². The number of nitrogens with zero attached hydrogens (tertiary/aromatic N) is 1. The lowest BCUT2D eigenvalue weighted by molar-refractivity contribution is 0.0800. The maximum absolute atomic E-state index is 9.35. The number of hydrogen-bond acceptors (Lipinski definition) is 3. The lowest BCUT2D eigenvalue weighted by Crippen LogP contribution is -2.46. The van der Waals surface area contributed by atoms with E-state index in [0.29, 0.717) is 23.8 Å². The maximum Gasteiger partial charge on any atom is 0.0464 e. The molecule has 1 fully saturated rings. The summed E-state index contributed by atoms with van der Waals surface area (Å²) in [6, 6.07) is 0.295. The molecule has 1 saturated heterocycles. The van der Waals surface area contributed by atoms with Gasteiger partial charge in [-0.25, -0.2) is 0 Å². The Morgan fingerprint density at radius 2 is 2.06 bits per heavy atom. The Morgan fingerprint density at radius 1 is 1.30 bits per heavy atom. The number of hydrogen-bond donors (Lipinski definition) is 2. The van der Waals surface area contributed by atoms with Gasteiger partial charge in [-0.05, 0) is 67.9 Å². The average Bonchev–Trinajstić information content (AvgIpc) is 2.73. The van der Waals surface area contributed by atoms with Crippen LogP contribution in [0.1, 0.15) is 79.6 Å². The topological polar surface area (TPSA) is 35.5 Å². The maximum atomic E-state index is 9.35. The van der Waals surface area contributed by atoms with E-state index in [1.54, 1.807) is 5.57 Å². The number of aliphatic hydroxyl groups excluding tert-OH is 1. The van der Waals surface area contributed by atoms with E-state index in [9.17, 15) is 5.11 Å². The highest BCUT2D eigenvalue weighted by Crippen LogP contribution is 2.42. The SMILES string of the molecule is C=C(CC(CCC)CCO)N[C@@H](/C=C/CN1CCC(C2=CC=C(Cl)CC2)C(C)(C)C1)C(C)C. The molecule has 0 radical (unpaired) electrons. The van der Waals surface area contributed by atoms with Gasteiger partial charge in [0.25, 0.3) is 0 Å². The van der Waals surface area contributed by atoms with Crippen LogP contribution in [-0.4, -0.2) is 42.3 Å². The molecule has 0 aromatic carbocycles. The van der Waals surface area contributed by atoms with Crippen LogP contribution in [0.25, 0.3) is 0 Å². The number of likely N-dealkylation sites (tertiary alicyclic amines) is 1. The number of rotatable bonds is 13. The molecule has 2 unspecified atom stereocenters. The molecule has 3 nitrogen and oxygen atoms in total. The van der Waals surface area contributed by atoms with Crippen LogP contribution in [0, 0.1) is 23.2 Å². The molecule has 188 valence electrons. The molecule has 2 rings (SSSR count). The molecule has 0 saturated carbocycles. The number of nitrogens with one attached hydrogen (secondary N) is 1. The molecule has 0 aromatic heterocycles. The summed E-state index contributed by atoms with van der Waals surface area (Å²) in [7, 11) is 0. The molecule has 0 spiro atoms. The van der Waals surface area contributed by atoms with Crippen LogP contribution in [0.5, 0.6) is 0 Å². The van der Waals surface area contributed by atoms with Gasteiger partial charge in [0.15, 0.2) is 0 Å². The molecule has 1 heterocycles. The molecule has 0 bridgehead atoms. The van der Waals surface area contributed by atoms with E-state index in [2.05, 4.69) is 75.7 Å². The zero-order valence-electron chi connectivity index (χ0n) is 21.9.